The third-order valence-electron chi connectivity index (χ3n) is 3.08. The van der Waals surface area contributed by atoms with Crippen molar-refractivity contribution in [1.82, 2.24) is 9.97 Å². The van der Waals surface area contributed by atoms with Crippen molar-refractivity contribution in [3.63, 3.8) is 0 Å². The Morgan fingerprint density at radius 1 is 0.947 bits per heavy atom. The topological polar surface area (TPSA) is 70.5 Å². The van der Waals surface area contributed by atoms with Crippen LogP contribution in [0.15, 0.2) is 52.4 Å². The molecule has 0 unspecified atom stereocenters. The van der Waals surface area contributed by atoms with Crippen LogP contribution in [0.5, 0.6) is 0 Å². The summed E-state index contributed by atoms with van der Waals surface area (Å²) in [6, 6.07) is 12.8. The molecule has 1 aromatic heterocycles. The van der Waals surface area contributed by atoms with Gasteiger partial charge in [-0.2, -0.15) is 9.98 Å². The van der Waals surface area contributed by atoms with Crippen LogP contribution >= 0.6 is 0 Å². The van der Waals surface area contributed by atoms with Crippen LogP contribution in [0, 0.1) is 0 Å². The smallest absolute Gasteiger partial charge is 0.338 e. The van der Waals surface area contributed by atoms with Gasteiger partial charge in [0.25, 0.3) is 0 Å². The van der Waals surface area contributed by atoms with Crippen molar-refractivity contribution >= 4 is 17.1 Å². The lowest BCUT2D eigenvalue weighted by atomic mass is 10.2. The molecule has 90 valence electrons. The quantitative estimate of drug-likeness (QED) is 0.710. The lowest BCUT2D eigenvalue weighted by Gasteiger charge is -1.94. The van der Waals surface area contributed by atoms with Gasteiger partial charge < -0.3 is 4.98 Å². The molecule has 0 atom stereocenters. The molecule has 1 aliphatic heterocycles. The number of nitrogens with zero attached hydrogens (tertiary/aromatic N) is 3. The summed E-state index contributed by atoms with van der Waals surface area (Å²) < 4.78 is 0. The van der Waals surface area contributed by atoms with Crippen LogP contribution in [0.3, 0.4) is 0 Å². The average molecular weight is 248 g/mol. The van der Waals surface area contributed by atoms with Gasteiger partial charge in [0.05, 0.1) is 16.4 Å². The molecule has 0 bridgehead atoms. The molecule has 0 spiro atoms. The largest absolute Gasteiger partial charge is 0.368 e. The van der Waals surface area contributed by atoms with Gasteiger partial charge in [-0.25, -0.2) is 9.78 Å². The van der Waals surface area contributed by atoms with Gasteiger partial charge in [0.2, 0.25) is 0 Å². The van der Waals surface area contributed by atoms with Gasteiger partial charge in [0.15, 0.2) is 0 Å². The van der Waals surface area contributed by atoms with E-state index in [2.05, 4.69) is 20.0 Å². The number of urea groups is 1. The van der Waals surface area contributed by atoms with Crippen LogP contribution < -0.4 is 10.7 Å². The first-order chi connectivity index (χ1) is 9.31. The number of aromatic nitrogens is 2. The molecule has 0 aliphatic carbocycles. The highest BCUT2D eigenvalue weighted by Crippen LogP contribution is 2.17. The third kappa shape index (κ3) is 1.48. The molecule has 1 N–H and O–H groups in total. The second kappa shape index (κ2) is 3.58. The van der Waals surface area contributed by atoms with E-state index in [0.29, 0.717) is 16.5 Å². The predicted molar refractivity (Wildman–Crippen MR) is 69.2 cm³/mol. The normalized spacial score (nSPS) is 13.2. The number of fused-ring (bicyclic) bond motifs is 2. The predicted octanol–water partition coefficient (Wildman–Crippen LogP) is 1.60. The lowest BCUT2D eigenvalue weighted by molar-refractivity contribution is 0.256. The number of H-pyrrole nitrogens is 1. The number of aromatic amines is 1. The van der Waals surface area contributed by atoms with Gasteiger partial charge in [-0.1, -0.05) is 18.2 Å². The second-order valence-electron chi connectivity index (χ2n) is 4.28. The van der Waals surface area contributed by atoms with Crippen molar-refractivity contribution in [1.29, 1.82) is 0 Å². The van der Waals surface area contributed by atoms with Gasteiger partial charge in [0, 0.05) is 5.56 Å². The molecule has 1 aliphatic rings. The van der Waals surface area contributed by atoms with Gasteiger partial charge in [-0.05, 0) is 24.3 Å². The molecule has 0 radical (unpaired) electrons. The molecule has 5 nitrogen and oxygen atoms in total. The number of para-hydroxylation sites is 3. The van der Waals surface area contributed by atoms with Crippen molar-refractivity contribution in [2.24, 2.45) is 9.98 Å². The summed E-state index contributed by atoms with van der Waals surface area (Å²) in [6.07, 6.45) is 0. The van der Waals surface area contributed by atoms with Crippen LogP contribution in [0.4, 0.5) is 4.79 Å². The summed E-state index contributed by atoms with van der Waals surface area (Å²) in [6.45, 7) is 0. The van der Waals surface area contributed by atoms with E-state index in [1.807, 2.05) is 36.4 Å². The SMILES string of the molecule is O=C1N=c2cccc(-c3nc4ccccc4[nH]3)c2=N1. The maximum absolute atomic E-state index is 11.3. The maximum atomic E-state index is 11.3. The number of imidazole rings is 1. The van der Waals surface area contributed by atoms with E-state index in [9.17, 15) is 4.79 Å². The summed E-state index contributed by atoms with van der Waals surface area (Å²) in [5, 5.41) is 1.19. The average Bonchev–Trinajstić information content (AvgIpc) is 2.99. The lowest BCUT2D eigenvalue weighted by Crippen LogP contribution is -2.23. The Morgan fingerprint density at radius 2 is 1.84 bits per heavy atom. The van der Waals surface area contributed by atoms with Gasteiger partial charge in [0.1, 0.15) is 11.2 Å². The molecule has 2 aromatic carbocycles. The van der Waals surface area contributed by atoms with Crippen LogP contribution in [-0.4, -0.2) is 16.0 Å². The van der Waals surface area contributed by atoms with Gasteiger partial charge in [-0.15, -0.1) is 0 Å². The van der Waals surface area contributed by atoms with E-state index in [1.165, 1.54) is 0 Å². The van der Waals surface area contributed by atoms with Crippen LogP contribution in [0.25, 0.3) is 22.4 Å². The Balaban J connectivity index is 2.05. The maximum Gasteiger partial charge on any atom is 0.368 e. The van der Waals surface area contributed by atoms with E-state index >= 15 is 0 Å². The molecule has 0 saturated heterocycles. The van der Waals surface area contributed by atoms with Crippen molar-refractivity contribution < 1.29 is 4.79 Å². The summed E-state index contributed by atoms with van der Waals surface area (Å²) in [5.74, 6) is 0.701. The van der Waals surface area contributed by atoms with E-state index < -0.39 is 6.03 Å². The number of hydrogen-bond acceptors (Lipinski definition) is 2. The van der Waals surface area contributed by atoms with E-state index in [4.69, 9.17) is 0 Å². The fourth-order valence-corrected chi connectivity index (χ4v) is 2.23. The highest BCUT2D eigenvalue weighted by atomic mass is 16.2. The number of nitrogens with one attached hydrogen (secondary N) is 1. The summed E-state index contributed by atoms with van der Waals surface area (Å²) in [5.41, 5.74) is 2.64. The number of hydrogen-bond donors (Lipinski definition) is 1. The zero-order valence-electron chi connectivity index (χ0n) is 9.79. The molecule has 2 heterocycles. The van der Waals surface area contributed by atoms with E-state index in [1.54, 1.807) is 6.07 Å². The van der Waals surface area contributed by atoms with E-state index in [0.717, 1.165) is 16.6 Å². The molecule has 2 amide bonds. The highest BCUT2D eigenvalue weighted by molar-refractivity contribution is 5.81. The Morgan fingerprint density at radius 3 is 2.74 bits per heavy atom. The first kappa shape index (κ1) is 10.1. The Bertz CT molecular complexity index is 906. The second-order valence-corrected chi connectivity index (χ2v) is 4.28. The minimum absolute atomic E-state index is 0.460. The van der Waals surface area contributed by atoms with Crippen molar-refractivity contribution in [3.05, 3.63) is 53.2 Å². The number of carbonyl (C=O) groups is 1. The van der Waals surface area contributed by atoms with Crippen LogP contribution in [0.2, 0.25) is 0 Å². The number of rotatable bonds is 1. The Kier molecular flexibility index (Phi) is 1.91. The minimum atomic E-state index is -0.460. The van der Waals surface area contributed by atoms with Gasteiger partial charge in [-0.3, -0.25) is 0 Å². The molecule has 0 saturated carbocycles. The standard InChI is InChI=1S/C14H8N4O/c19-14-17-11-7-3-4-8(12(11)18-14)13-15-9-5-1-2-6-10(9)16-13/h1-7H,(H,15,16). The molecular formula is C14H8N4O. The fourth-order valence-electron chi connectivity index (χ4n) is 2.23. The minimum Gasteiger partial charge on any atom is -0.338 e. The molecule has 3 aromatic rings. The van der Waals surface area contributed by atoms with Crippen molar-refractivity contribution in [2.45, 2.75) is 0 Å². The number of amides is 2. The monoisotopic (exact) mass is 248 g/mol. The highest BCUT2D eigenvalue weighted by Gasteiger charge is 2.12. The first-order valence-corrected chi connectivity index (χ1v) is 5.87. The number of carbonyl (C=O) groups excluding carboxylic acids is 1. The summed E-state index contributed by atoms with van der Waals surface area (Å²) in [7, 11) is 0. The molecular weight excluding hydrogens is 240 g/mol. The molecule has 19 heavy (non-hydrogen) atoms. The Labute approximate surface area is 107 Å². The van der Waals surface area contributed by atoms with Gasteiger partial charge >= 0.3 is 6.03 Å². The van der Waals surface area contributed by atoms with Crippen LogP contribution in [0.1, 0.15) is 0 Å². The number of benzene rings is 2. The Hall–Kier alpha value is -2.82. The van der Waals surface area contributed by atoms with Crippen molar-refractivity contribution in [2.75, 3.05) is 0 Å². The third-order valence-corrected chi connectivity index (χ3v) is 3.08. The first-order valence-electron chi connectivity index (χ1n) is 5.87. The molecule has 0 fully saturated rings. The molecule has 4 rings (SSSR count). The zero-order chi connectivity index (χ0) is 12.8. The van der Waals surface area contributed by atoms with Crippen molar-refractivity contribution in [3.8, 4) is 11.4 Å². The van der Waals surface area contributed by atoms with E-state index in [-0.39, 0.29) is 0 Å². The fraction of sp³-hybridized carbons (Fsp3) is 0. The van der Waals surface area contributed by atoms with Crippen LogP contribution in [-0.2, 0) is 0 Å². The molecule has 5 heteroatoms. The summed E-state index contributed by atoms with van der Waals surface area (Å²) >= 11 is 0. The summed E-state index contributed by atoms with van der Waals surface area (Å²) in [4.78, 5) is 26.8. The zero-order valence-corrected chi connectivity index (χ0v) is 9.79.